The lowest BCUT2D eigenvalue weighted by Gasteiger charge is -2.22. The Bertz CT molecular complexity index is 337. The van der Waals surface area contributed by atoms with Crippen LogP contribution >= 0.6 is 11.3 Å². The minimum atomic E-state index is 0.0786. The summed E-state index contributed by atoms with van der Waals surface area (Å²) in [5, 5.41) is 0. The van der Waals surface area contributed by atoms with Crippen LogP contribution in [0, 0.1) is 6.92 Å². The summed E-state index contributed by atoms with van der Waals surface area (Å²) in [5.41, 5.74) is 6.20. The maximum Gasteiger partial charge on any atom is 0.107 e. The molecule has 2 nitrogen and oxygen atoms in total. The Labute approximate surface area is 122 Å². The number of hydrogen-bond donors (Lipinski definition) is 1. The van der Waals surface area contributed by atoms with E-state index in [0.717, 1.165) is 19.4 Å². The number of rotatable bonds is 10. The van der Waals surface area contributed by atoms with Crippen LogP contribution in [0.4, 0.5) is 0 Å². The number of unbranched alkanes of at least 4 members (excludes halogenated alkanes) is 4. The molecule has 19 heavy (non-hydrogen) atoms. The minimum Gasteiger partial charge on any atom is -0.371 e. The molecule has 1 aromatic rings. The molecule has 2 N–H and O–H groups in total. The average molecular weight is 283 g/mol. The van der Waals surface area contributed by atoms with Crippen molar-refractivity contribution < 1.29 is 4.74 Å². The van der Waals surface area contributed by atoms with Crippen LogP contribution in [0.15, 0.2) is 12.1 Å². The van der Waals surface area contributed by atoms with Gasteiger partial charge in [0, 0.05) is 22.4 Å². The standard InChI is InChI=1S/C16H29NOS/c1-4-6-7-8-9-12-18-16(14(17)5-2)15-11-10-13(3)19-15/h10-11,14,16H,4-9,12,17H2,1-3H3. The smallest absolute Gasteiger partial charge is 0.107 e. The number of thiophene rings is 1. The van der Waals surface area contributed by atoms with E-state index in [0.29, 0.717) is 0 Å². The highest BCUT2D eigenvalue weighted by molar-refractivity contribution is 7.12. The van der Waals surface area contributed by atoms with Crippen molar-refractivity contribution in [3.8, 4) is 0 Å². The third kappa shape index (κ3) is 6.07. The van der Waals surface area contributed by atoms with Gasteiger partial charge in [0.25, 0.3) is 0 Å². The summed E-state index contributed by atoms with van der Waals surface area (Å²) in [5.74, 6) is 0. The minimum absolute atomic E-state index is 0.0786. The molecule has 0 spiro atoms. The Hall–Kier alpha value is -0.380. The third-order valence-corrected chi connectivity index (χ3v) is 4.51. The fraction of sp³-hybridized carbons (Fsp3) is 0.750. The molecule has 110 valence electrons. The van der Waals surface area contributed by atoms with Gasteiger partial charge < -0.3 is 10.5 Å². The zero-order chi connectivity index (χ0) is 14.1. The molecule has 0 aliphatic rings. The van der Waals surface area contributed by atoms with Crippen LogP contribution in [0.5, 0.6) is 0 Å². The van der Waals surface area contributed by atoms with E-state index >= 15 is 0 Å². The molecule has 2 unspecified atom stereocenters. The number of hydrogen-bond acceptors (Lipinski definition) is 3. The van der Waals surface area contributed by atoms with E-state index in [1.807, 2.05) is 0 Å². The predicted molar refractivity (Wildman–Crippen MR) is 84.8 cm³/mol. The maximum atomic E-state index is 6.20. The van der Waals surface area contributed by atoms with Gasteiger partial charge in [-0.3, -0.25) is 0 Å². The quantitative estimate of drug-likeness (QED) is 0.625. The number of ether oxygens (including phenoxy) is 1. The normalized spacial score (nSPS) is 14.5. The molecule has 0 aliphatic carbocycles. The van der Waals surface area contributed by atoms with Gasteiger partial charge in [-0.25, -0.2) is 0 Å². The number of nitrogens with two attached hydrogens (primary N) is 1. The maximum absolute atomic E-state index is 6.20. The van der Waals surface area contributed by atoms with Crippen LogP contribution in [0.25, 0.3) is 0 Å². The van der Waals surface area contributed by atoms with Crippen LogP contribution in [0.2, 0.25) is 0 Å². The van der Waals surface area contributed by atoms with Crippen LogP contribution in [-0.4, -0.2) is 12.6 Å². The van der Waals surface area contributed by atoms with Crippen molar-refractivity contribution in [1.82, 2.24) is 0 Å². The van der Waals surface area contributed by atoms with Crippen LogP contribution in [0.3, 0.4) is 0 Å². The highest BCUT2D eigenvalue weighted by Crippen LogP contribution is 2.29. The van der Waals surface area contributed by atoms with E-state index in [1.54, 1.807) is 11.3 Å². The highest BCUT2D eigenvalue weighted by atomic mass is 32.1. The summed E-state index contributed by atoms with van der Waals surface area (Å²) < 4.78 is 6.06. The number of aryl methyl sites for hydroxylation is 1. The van der Waals surface area contributed by atoms with Gasteiger partial charge in [-0.2, -0.15) is 0 Å². The Kier molecular flexibility index (Phi) is 8.35. The molecule has 3 heteroatoms. The first-order chi connectivity index (χ1) is 9.19. The molecule has 0 saturated carbocycles. The van der Waals surface area contributed by atoms with Crippen molar-refractivity contribution >= 4 is 11.3 Å². The summed E-state index contributed by atoms with van der Waals surface area (Å²) >= 11 is 1.81. The lowest BCUT2D eigenvalue weighted by Crippen LogP contribution is -2.29. The molecular weight excluding hydrogens is 254 g/mol. The fourth-order valence-corrected chi connectivity index (χ4v) is 3.16. The molecule has 1 aromatic heterocycles. The Morgan fingerprint density at radius 2 is 1.89 bits per heavy atom. The average Bonchev–Trinajstić information content (AvgIpc) is 2.83. The molecule has 0 aromatic carbocycles. The van der Waals surface area contributed by atoms with Gasteiger partial charge in [-0.15, -0.1) is 11.3 Å². The molecule has 0 radical (unpaired) electrons. The second-order valence-corrected chi connectivity index (χ2v) is 6.55. The van der Waals surface area contributed by atoms with Gasteiger partial charge in [-0.1, -0.05) is 39.5 Å². The molecule has 0 bridgehead atoms. The van der Waals surface area contributed by atoms with Gasteiger partial charge in [0.15, 0.2) is 0 Å². The fourth-order valence-electron chi connectivity index (χ4n) is 2.15. The molecule has 1 rings (SSSR count). The Morgan fingerprint density at radius 3 is 2.47 bits per heavy atom. The van der Waals surface area contributed by atoms with Crippen LogP contribution in [-0.2, 0) is 4.74 Å². The largest absolute Gasteiger partial charge is 0.371 e. The van der Waals surface area contributed by atoms with Crippen molar-refractivity contribution in [1.29, 1.82) is 0 Å². The summed E-state index contributed by atoms with van der Waals surface area (Å²) in [7, 11) is 0. The summed E-state index contributed by atoms with van der Waals surface area (Å²) in [6.07, 6.45) is 7.40. The van der Waals surface area contributed by atoms with E-state index in [-0.39, 0.29) is 12.1 Å². The van der Waals surface area contributed by atoms with Gasteiger partial charge in [0.1, 0.15) is 6.10 Å². The zero-order valence-corrected chi connectivity index (χ0v) is 13.5. The molecule has 2 atom stereocenters. The van der Waals surface area contributed by atoms with E-state index < -0.39 is 0 Å². The molecule has 0 fully saturated rings. The molecule has 0 aliphatic heterocycles. The van der Waals surface area contributed by atoms with Crippen LogP contribution < -0.4 is 5.73 Å². The van der Waals surface area contributed by atoms with E-state index in [4.69, 9.17) is 10.5 Å². The first kappa shape index (κ1) is 16.7. The molecule has 1 heterocycles. The highest BCUT2D eigenvalue weighted by Gasteiger charge is 2.20. The van der Waals surface area contributed by atoms with Gasteiger partial charge >= 0.3 is 0 Å². The van der Waals surface area contributed by atoms with Crippen molar-refractivity contribution in [2.45, 2.75) is 71.4 Å². The van der Waals surface area contributed by atoms with E-state index in [1.165, 1.54) is 35.4 Å². The van der Waals surface area contributed by atoms with Gasteiger partial charge in [0.2, 0.25) is 0 Å². The first-order valence-electron chi connectivity index (χ1n) is 7.62. The summed E-state index contributed by atoms with van der Waals surface area (Å²) in [6, 6.07) is 4.42. The molecular formula is C16H29NOS. The van der Waals surface area contributed by atoms with Crippen molar-refractivity contribution in [3.05, 3.63) is 21.9 Å². The van der Waals surface area contributed by atoms with Crippen molar-refractivity contribution in [2.75, 3.05) is 6.61 Å². The Balaban J connectivity index is 2.39. The lowest BCUT2D eigenvalue weighted by atomic mass is 10.1. The predicted octanol–water partition coefficient (Wildman–Crippen LogP) is 4.82. The van der Waals surface area contributed by atoms with Gasteiger partial charge in [0.05, 0.1) is 0 Å². The summed E-state index contributed by atoms with van der Waals surface area (Å²) in [4.78, 5) is 2.61. The third-order valence-electron chi connectivity index (χ3n) is 3.45. The molecule has 0 amide bonds. The SMILES string of the molecule is CCCCCCCOC(c1ccc(C)s1)C(N)CC. The molecule has 0 saturated heterocycles. The second kappa shape index (κ2) is 9.51. The van der Waals surface area contributed by atoms with Crippen molar-refractivity contribution in [3.63, 3.8) is 0 Å². The monoisotopic (exact) mass is 283 g/mol. The van der Waals surface area contributed by atoms with E-state index in [2.05, 4.69) is 32.9 Å². The Morgan fingerprint density at radius 1 is 1.16 bits per heavy atom. The topological polar surface area (TPSA) is 35.2 Å². The van der Waals surface area contributed by atoms with Gasteiger partial charge in [-0.05, 0) is 31.9 Å². The summed E-state index contributed by atoms with van der Waals surface area (Å²) in [6.45, 7) is 7.33. The first-order valence-corrected chi connectivity index (χ1v) is 8.44. The van der Waals surface area contributed by atoms with Crippen LogP contribution in [0.1, 0.15) is 68.2 Å². The zero-order valence-electron chi connectivity index (χ0n) is 12.7. The lowest BCUT2D eigenvalue weighted by molar-refractivity contribution is 0.0334. The second-order valence-electron chi connectivity index (χ2n) is 5.23. The van der Waals surface area contributed by atoms with E-state index in [9.17, 15) is 0 Å². The van der Waals surface area contributed by atoms with Crippen molar-refractivity contribution in [2.24, 2.45) is 5.73 Å².